The number of hydrogen-bond acceptors (Lipinski definition) is 2. The van der Waals surface area contributed by atoms with E-state index in [2.05, 4.69) is 56.1 Å². The first-order valence-corrected chi connectivity index (χ1v) is 8.93. The Kier molecular flexibility index (Phi) is 4.82. The molecule has 0 bridgehead atoms. The zero-order chi connectivity index (χ0) is 15.9. The first-order valence-electron chi connectivity index (χ1n) is 8.55. The van der Waals surface area contributed by atoms with E-state index in [1.165, 1.54) is 31.2 Å². The summed E-state index contributed by atoms with van der Waals surface area (Å²) in [6, 6.07) is 8.05. The average molecular weight is 321 g/mol. The van der Waals surface area contributed by atoms with E-state index in [9.17, 15) is 0 Å². The molecule has 1 aromatic rings. The Labute approximate surface area is 140 Å². The molecule has 22 heavy (non-hydrogen) atoms. The summed E-state index contributed by atoms with van der Waals surface area (Å²) in [5.74, 6) is 1.89. The van der Waals surface area contributed by atoms with Gasteiger partial charge in [-0.25, -0.2) is 0 Å². The second kappa shape index (κ2) is 6.51. The molecule has 2 saturated carbocycles. The Morgan fingerprint density at radius 1 is 1.00 bits per heavy atom. The van der Waals surface area contributed by atoms with Gasteiger partial charge in [0.2, 0.25) is 0 Å². The van der Waals surface area contributed by atoms with Crippen molar-refractivity contribution in [1.29, 1.82) is 0 Å². The smallest absolute Gasteiger partial charge is 0.0438 e. The lowest BCUT2D eigenvalue weighted by molar-refractivity contribution is 0.212. The largest absolute Gasteiger partial charge is 0.306 e. The second-order valence-electron chi connectivity index (χ2n) is 7.73. The van der Waals surface area contributed by atoms with Crippen molar-refractivity contribution in [2.24, 2.45) is 11.8 Å². The molecule has 0 aliphatic heterocycles. The van der Waals surface area contributed by atoms with Crippen LogP contribution in [0.3, 0.4) is 0 Å². The summed E-state index contributed by atoms with van der Waals surface area (Å²) in [7, 11) is 6.75. The molecular formula is C19H29ClN2. The van der Waals surface area contributed by atoms with E-state index in [0.29, 0.717) is 0 Å². The standard InChI is InChI=1S/C19H29ClN2/c1-13-5-6-14(7-19(13)20)12-22(4)18-10-15-8-17(21(2)3)9-16(15)11-18/h5-7,15-18H,8-12H2,1-4H3/t15-,16+,17?,18?. The third-order valence-electron chi connectivity index (χ3n) is 5.99. The maximum Gasteiger partial charge on any atom is 0.0438 e. The van der Waals surface area contributed by atoms with Gasteiger partial charge in [0.1, 0.15) is 0 Å². The molecule has 2 fully saturated rings. The summed E-state index contributed by atoms with van der Waals surface area (Å²) in [5.41, 5.74) is 2.50. The SMILES string of the molecule is Cc1ccc(CN(C)C2C[C@H]3CC(N(C)C)C[C@H]3C2)cc1Cl. The van der Waals surface area contributed by atoms with Crippen molar-refractivity contribution >= 4 is 11.6 Å². The van der Waals surface area contributed by atoms with Gasteiger partial charge in [0, 0.05) is 23.7 Å². The van der Waals surface area contributed by atoms with Crippen molar-refractivity contribution in [2.75, 3.05) is 21.1 Å². The maximum absolute atomic E-state index is 6.26. The van der Waals surface area contributed by atoms with E-state index in [4.69, 9.17) is 11.6 Å². The Morgan fingerprint density at radius 2 is 1.59 bits per heavy atom. The van der Waals surface area contributed by atoms with Crippen LogP contribution in [0.1, 0.15) is 36.8 Å². The fourth-order valence-corrected chi connectivity index (χ4v) is 4.69. The number of hydrogen-bond donors (Lipinski definition) is 0. The molecule has 0 saturated heterocycles. The van der Waals surface area contributed by atoms with Crippen molar-refractivity contribution in [3.05, 3.63) is 34.3 Å². The van der Waals surface area contributed by atoms with E-state index >= 15 is 0 Å². The third kappa shape index (κ3) is 3.34. The Morgan fingerprint density at radius 3 is 2.14 bits per heavy atom. The maximum atomic E-state index is 6.26. The second-order valence-corrected chi connectivity index (χ2v) is 8.14. The van der Waals surface area contributed by atoms with Crippen LogP contribution < -0.4 is 0 Å². The highest BCUT2D eigenvalue weighted by molar-refractivity contribution is 6.31. The van der Waals surface area contributed by atoms with Crippen LogP contribution in [-0.2, 0) is 6.54 Å². The summed E-state index contributed by atoms with van der Waals surface area (Å²) in [6.07, 6.45) is 5.56. The van der Waals surface area contributed by atoms with Crippen LogP contribution >= 0.6 is 11.6 Å². The highest BCUT2D eigenvalue weighted by Gasteiger charge is 2.43. The number of rotatable bonds is 4. The van der Waals surface area contributed by atoms with Gasteiger partial charge in [0.15, 0.2) is 0 Å². The van der Waals surface area contributed by atoms with Crippen LogP contribution in [-0.4, -0.2) is 43.0 Å². The Hall–Kier alpha value is -0.570. The lowest BCUT2D eigenvalue weighted by Crippen LogP contribution is -2.31. The van der Waals surface area contributed by atoms with Gasteiger partial charge in [-0.15, -0.1) is 0 Å². The molecule has 2 nitrogen and oxygen atoms in total. The van der Waals surface area contributed by atoms with Gasteiger partial charge in [0.25, 0.3) is 0 Å². The molecular weight excluding hydrogens is 292 g/mol. The number of benzene rings is 1. The summed E-state index contributed by atoms with van der Waals surface area (Å²) < 4.78 is 0. The van der Waals surface area contributed by atoms with Gasteiger partial charge >= 0.3 is 0 Å². The zero-order valence-corrected chi connectivity index (χ0v) is 15.1. The molecule has 1 aromatic carbocycles. The molecule has 2 aliphatic rings. The minimum absolute atomic E-state index is 0.748. The Bertz CT molecular complexity index is 514. The fraction of sp³-hybridized carbons (Fsp3) is 0.684. The number of halogens is 1. The van der Waals surface area contributed by atoms with Crippen molar-refractivity contribution < 1.29 is 0 Å². The monoisotopic (exact) mass is 320 g/mol. The van der Waals surface area contributed by atoms with E-state index in [1.807, 2.05) is 0 Å². The van der Waals surface area contributed by atoms with Crippen LogP contribution in [0.2, 0.25) is 5.02 Å². The van der Waals surface area contributed by atoms with Crippen molar-refractivity contribution in [1.82, 2.24) is 9.80 Å². The van der Waals surface area contributed by atoms with Crippen LogP contribution in [0.5, 0.6) is 0 Å². The first-order chi connectivity index (χ1) is 10.4. The molecule has 4 atom stereocenters. The van der Waals surface area contributed by atoms with Crippen LogP contribution in [0, 0.1) is 18.8 Å². The van der Waals surface area contributed by atoms with Crippen molar-refractivity contribution in [3.63, 3.8) is 0 Å². The van der Waals surface area contributed by atoms with E-state index < -0.39 is 0 Å². The van der Waals surface area contributed by atoms with Gasteiger partial charge in [-0.3, -0.25) is 4.90 Å². The number of aryl methyl sites for hydroxylation is 1. The van der Waals surface area contributed by atoms with Crippen LogP contribution in [0.4, 0.5) is 0 Å². The molecule has 3 rings (SSSR count). The molecule has 2 aliphatic carbocycles. The van der Waals surface area contributed by atoms with Gasteiger partial charge in [-0.1, -0.05) is 23.7 Å². The van der Waals surface area contributed by atoms with Crippen molar-refractivity contribution in [3.8, 4) is 0 Å². The van der Waals surface area contributed by atoms with E-state index in [1.54, 1.807) is 0 Å². The van der Waals surface area contributed by atoms with Crippen molar-refractivity contribution in [2.45, 2.75) is 51.2 Å². The molecule has 2 unspecified atom stereocenters. The molecule has 0 aromatic heterocycles. The first kappa shape index (κ1) is 16.3. The molecule has 0 amide bonds. The molecule has 0 heterocycles. The highest BCUT2D eigenvalue weighted by atomic mass is 35.5. The summed E-state index contributed by atoms with van der Waals surface area (Å²) in [6.45, 7) is 3.08. The Balaban J connectivity index is 1.57. The highest BCUT2D eigenvalue weighted by Crippen LogP contribution is 2.46. The predicted octanol–water partition coefficient (Wildman–Crippen LogP) is 4.20. The zero-order valence-electron chi connectivity index (χ0n) is 14.3. The number of nitrogens with zero attached hydrogens (tertiary/aromatic N) is 2. The average Bonchev–Trinajstić information content (AvgIpc) is 3.01. The van der Waals surface area contributed by atoms with Crippen LogP contribution in [0.25, 0.3) is 0 Å². The van der Waals surface area contributed by atoms with Crippen LogP contribution in [0.15, 0.2) is 18.2 Å². The van der Waals surface area contributed by atoms with Gasteiger partial charge in [0.05, 0.1) is 0 Å². The summed E-state index contributed by atoms with van der Waals surface area (Å²) in [4.78, 5) is 4.97. The lowest BCUT2D eigenvalue weighted by atomic mass is 10.0. The molecule has 0 radical (unpaired) electrons. The third-order valence-corrected chi connectivity index (χ3v) is 6.40. The minimum Gasteiger partial charge on any atom is -0.306 e. The molecule has 122 valence electrons. The lowest BCUT2D eigenvalue weighted by Gasteiger charge is -2.27. The van der Waals surface area contributed by atoms with E-state index in [0.717, 1.165) is 41.1 Å². The summed E-state index contributed by atoms with van der Waals surface area (Å²) in [5, 5.41) is 0.892. The fourth-order valence-electron chi connectivity index (χ4n) is 4.49. The van der Waals surface area contributed by atoms with Gasteiger partial charge < -0.3 is 4.90 Å². The predicted molar refractivity (Wildman–Crippen MR) is 94.4 cm³/mol. The van der Waals surface area contributed by atoms with Gasteiger partial charge in [-0.2, -0.15) is 0 Å². The molecule has 3 heteroatoms. The number of fused-ring (bicyclic) bond motifs is 1. The topological polar surface area (TPSA) is 6.48 Å². The van der Waals surface area contributed by atoms with Gasteiger partial charge in [-0.05, 0) is 82.8 Å². The van der Waals surface area contributed by atoms with E-state index in [-0.39, 0.29) is 0 Å². The normalized spacial score (nSPS) is 31.2. The minimum atomic E-state index is 0.748. The quantitative estimate of drug-likeness (QED) is 0.820. The molecule has 0 spiro atoms. The molecule has 0 N–H and O–H groups in total. The summed E-state index contributed by atoms with van der Waals surface area (Å²) >= 11 is 6.26.